The van der Waals surface area contributed by atoms with Crippen LogP contribution in [-0.2, 0) is 28.8 Å². The van der Waals surface area contributed by atoms with Gasteiger partial charge in [-0.1, -0.05) is 0 Å². The second-order valence-corrected chi connectivity index (χ2v) is 4.88. The first-order chi connectivity index (χ1) is 9.11. The first-order valence-corrected chi connectivity index (χ1v) is 6.77. The van der Waals surface area contributed by atoms with Crippen molar-refractivity contribution < 1.29 is 14.6 Å². The highest BCUT2D eigenvalue weighted by molar-refractivity contribution is 5.71. The summed E-state index contributed by atoms with van der Waals surface area (Å²) in [6.45, 7) is 5.23. The summed E-state index contributed by atoms with van der Waals surface area (Å²) in [6.07, 6.45) is 2.67. The molecule has 0 aliphatic heterocycles. The molecule has 0 aromatic carbocycles. The molecule has 1 N–H and O–H groups in total. The number of rotatable bonds is 5. The van der Waals surface area contributed by atoms with E-state index in [2.05, 4.69) is 9.97 Å². The Balaban J connectivity index is 2.14. The van der Waals surface area contributed by atoms with Crippen LogP contribution in [0.1, 0.15) is 36.1 Å². The van der Waals surface area contributed by atoms with Gasteiger partial charge in [-0.25, -0.2) is 9.97 Å². The molecule has 1 atom stereocenters. The molecule has 0 spiro atoms. The number of carboxylic acids is 1. The largest absolute Gasteiger partial charge is 0.481 e. The number of aromatic nitrogens is 2. The quantitative estimate of drug-likeness (QED) is 0.817. The van der Waals surface area contributed by atoms with E-state index in [4.69, 9.17) is 9.84 Å². The van der Waals surface area contributed by atoms with Gasteiger partial charge >= 0.3 is 5.97 Å². The molecule has 0 amide bonds. The standard InChI is InChI=1S/C14H20N2O3/c1-3-19-7-6-13-15-9(2)11-8-10(14(17)18)4-5-12(11)16-13/h10H,3-8H2,1-2H3,(H,17,18). The minimum atomic E-state index is -0.717. The summed E-state index contributed by atoms with van der Waals surface area (Å²) in [5.41, 5.74) is 2.97. The maximum absolute atomic E-state index is 11.1. The summed E-state index contributed by atoms with van der Waals surface area (Å²) in [4.78, 5) is 20.1. The fourth-order valence-electron chi connectivity index (χ4n) is 2.48. The number of carbonyl (C=O) groups is 1. The van der Waals surface area contributed by atoms with Crippen LogP contribution in [0.3, 0.4) is 0 Å². The highest BCUT2D eigenvalue weighted by atomic mass is 16.5. The molecule has 1 aromatic rings. The fraction of sp³-hybridized carbons (Fsp3) is 0.643. The van der Waals surface area contributed by atoms with Crippen molar-refractivity contribution in [3.8, 4) is 0 Å². The van der Waals surface area contributed by atoms with Gasteiger partial charge in [-0.15, -0.1) is 0 Å². The van der Waals surface area contributed by atoms with Crippen LogP contribution in [0.5, 0.6) is 0 Å². The first kappa shape index (κ1) is 13.9. The Morgan fingerprint density at radius 2 is 2.26 bits per heavy atom. The Labute approximate surface area is 113 Å². The Morgan fingerprint density at radius 1 is 1.47 bits per heavy atom. The summed E-state index contributed by atoms with van der Waals surface area (Å²) < 4.78 is 5.31. The highest BCUT2D eigenvalue weighted by Gasteiger charge is 2.27. The lowest BCUT2D eigenvalue weighted by Crippen LogP contribution is -2.25. The molecule has 5 nitrogen and oxygen atoms in total. The molecule has 0 bridgehead atoms. The van der Waals surface area contributed by atoms with Gasteiger partial charge in [0.1, 0.15) is 5.82 Å². The zero-order valence-electron chi connectivity index (χ0n) is 11.5. The lowest BCUT2D eigenvalue weighted by Gasteiger charge is -2.22. The van der Waals surface area contributed by atoms with Gasteiger partial charge in [0.2, 0.25) is 0 Å². The number of nitrogens with zero attached hydrogens (tertiary/aromatic N) is 2. The Morgan fingerprint density at radius 3 is 2.95 bits per heavy atom. The van der Waals surface area contributed by atoms with Crippen molar-refractivity contribution in [2.24, 2.45) is 5.92 Å². The summed E-state index contributed by atoms with van der Waals surface area (Å²) in [5, 5.41) is 9.10. The van der Waals surface area contributed by atoms with Crippen LogP contribution >= 0.6 is 0 Å². The first-order valence-electron chi connectivity index (χ1n) is 6.77. The smallest absolute Gasteiger partial charge is 0.306 e. The average molecular weight is 264 g/mol. The maximum atomic E-state index is 11.1. The van der Waals surface area contributed by atoms with Gasteiger partial charge in [-0.3, -0.25) is 4.79 Å². The number of hydrogen-bond acceptors (Lipinski definition) is 4. The van der Waals surface area contributed by atoms with Gasteiger partial charge in [-0.2, -0.15) is 0 Å². The number of aryl methyl sites for hydroxylation is 2. The zero-order valence-corrected chi connectivity index (χ0v) is 11.5. The number of hydrogen-bond donors (Lipinski definition) is 1. The number of ether oxygens (including phenoxy) is 1. The molecule has 0 radical (unpaired) electrons. The van der Waals surface area contributed by atoms with E-state index in [1.807, 2.05) is 13.8 Å². The number of carboxylic acid groups (broad SMARTS) is 1. The van der Waals surface area contributed by atoms with Gasteiger partial charge in [-0.05, 0) is 38.7 Å². The summed E-state index contributed by atoms with van der Waals surface area (Å²) in [5.74, 6) is -0.201. The molecule has 0 fully saturated rings. The van der Waals surface area contributed by atoms with Gasteiger partial charge in [0.25, 0.3) is 0 Å². The average Bonchev–Trinajstić information content (AvgIpc) is 2.38. The van der Waals surface area contributed by atoms with Gasteiger partial charge in [0.15, 0.2) is 0 Å². The third kappa shape index (κ3) is 3.29. The molecule has 104 valence electrons. The molecular formula is C14H20N2O3. The van der Waals surface area contributed by atoms with Crippen LogP contribution in [0.4, 0.5) is 0 Å². The van der Waals surface area contributed by atoms with E-state index >= 15 is 0 Å². The second kappa shape index (κ2) is 6.10. The topological polar surface area (TPSA) is 72.3 Å². The fourth-order valence-corrected chi connectivity index (χ4v) is 2.48. The molecule has 5 heteroatoms. The zero-order chi connectivity index (χ0) is 13.8. The summed E-state index contributed by atoms with van der Waals surface area (Å²) in [7, 11) is 0. The minimum absolute atomic E-state index is 0.288. The predicted octanol–water partition coefficient (Wildman–Crippen LogP) is 1.55. The number of aliphatic carboxylic acids is 1. The summed E-state index contributed by atoms with van der Waals surface area (Å²) >= 11 is 0. The molecule has 1 aliphatic rings. The molecule has 19 heavy (non-hydrogen) atoms. The van der Waals surface area contributed by atoms with E-state index < -0.39 is 5.97 Å². The van der Waals surface area contributed by atoms with Crippen LogP contribution < -0.4 is 0 Å². The van der Waals surface area contributed by atoms with Crippen LogP contribution in [0.25, 0.3) is 0 Å². The van der Waals surface area contributed by atoms with E-state index in [0.29, 0.717) is 32.5 Å². The minimum Gasteiger partial charge on any atom is -0.481 e. The summed E-state index contributed by atoms with van der Waals surface area (Å²) in [6, 6.07) is 0. The van der Waals surface area contributed by atoms with Crippen molar-refractivity contribution in [3.05, 3.63) is 22.8 Å². The molecule has 0 saturated carbocycles. The molecule has 1 aliphatic carbocycles. The highest BCUT2D eigenvalue weighted by Crippen LogP contribution is 2.26. The van der Waals surface area contributed by atoms with Crippen LogP contribution in [0.2, 0.25) is 0 Å². The predicted molar refractivity (Wildman–Crippen MR) is 70.1 cm³/mol. The van der Waals surface area contributed by atoms with E-state index in [9.17, 15) is 4.79 Å². The number of fused-ring (bicyclic) bond motifs is 1. The van der Waals surface area contributed by atoms with Crippen LogP contribution in [-0.4, -0.2) is 34.3 Å². The van der Waals surface area contributed by atoms with E-state index in [1.165, 1.54) is 0 Å². The van der Waals surface area contributed by atoms with Crippen molar-refractivity contribution in [2.75, 3.05) is 13.2 Å². The van der Waals surface area contributed by atoms with Gasteiger partial charge in [0.05, 0.1) is 12.5 Å². The van der Waals surface area contributed by atoms with E-state index in [-0.39, 0.29) is 5.92 Å². The molecule has 0 saturated heterocycles. The monoisotopic (exact) mass is 264 g/mol. The lowest BCUT2D eigenvalue weighted by molar-refractivity contribution is -0.142. The third-order valence-corrected chi connectivity index (χ3v) is 3.55. The van der Waals surface area contributed by atoms with Crippen molar-refractivity contribution in [2.45, 2.75) is 39.5 Å². The molecular weight excluding hydrogens is 244 g/mol. The second-order valence-electron chi connectivity index (χ2n) is 4.88. The van der Waals surface area contributed by atoms with Gasteiger partial charge < -0.3 is 9.84 Å². The maximum Gasteiger partial charge on any atom is 0.306 e. The normalized spacial score (nSPS) is 18.1. The lowest BCUT2D eigenvalue weighted by atomic mass is 9.86. The van der Waals surface area contributed by atoms with E-state index in [0.717, 1.165) is 29.2 Å². The van der Waals surface area contributed by atoms with E-state index in [1.54, 1.807) is 0 Å². The SMILES string of the molecule is CCOCCc1nc(C)c2c(n1)CCC(C(=O)O)C2. The molecule has 1 unspecified atom stereocenters. The third-order valence-electron chi connectivity index (χ3n) is 3.55. The van der Waals surface area contributed by atoms with Crippen molar-refractivity contribution in [3.63, 3.8) is 0 Å². The Kier molecular flexibility index (Phi) is 4.47. The van der Waals surface area contributed by atoms with Crippen LogP contribution in [0.15, 0.2) is 0 Å². The Hall–Kier alpha value is -1.49. The molecule has 1 heterocycles. The molecule has 2 rings (SSSR count). The van der Waals surface area contributed by atoms with Crippen LogP contribution in [0, 0.1) is 12.8 Å². The van der Waals surface area contributed by atoms with Crippen molar-refractivity contribution >= 4 is 5.97 Å². The van der Waals surface area contributed by atoms with Crippen molar-refractivity contribution in [1.29, 1.82) is 0 Å². The molecule has 1 aromatic heterocycles. The van der Waals surface area contributed by atoms with Gasteiger partial charge in [0, 0.05) is 24.4 Å². The Bertz CT molecular complexity index is 474. The van der Waals surface area contributed by atoms with Crippen molar-refractivity contribution in [1.82, 2.24) is 9.97 Å².